The summed E-state index contributed by atoms with van der Waals surface area (Å²) in [7, 11) is -3.27. The van der Waals surface area contributed by atoms with E-state index in [-0.39, 0.29) is 13.2 Å². The van der Waals surface area contributed by atoms with E-state index in [1.807, 2.05) is 60.7 Å². The first-order chi connectivity index (χ1) is 9.16. The van der Waals surface area contributed by atoms with Crippen molar-refractivity contribution in [3.8, 4) is 0 Å². The summed E-state index contributed by atoms with van der Waals surface area (Å²) in [6.45, 7) is 3.98. The molecule has 2 rings (SSSR count). The van der Waals surface area contributed by atoms with Crippen LogP contribution in [0.1, 0.15) is 11.1 Å². The maximum absolute atomic E-state index is 12.0. The predicted molar refractivity (Wildman–Crippen MR) is 75.4 cm³/mol. The van der Waals surface area contributed by atoms with Crippen molar-refractivity contribution >= 4 is 7.60 Å². The van der Waals surface area contributed by atoms with Crippen LogP contribution in [0.25, 0.3) is 0 Å². The topological polar surface area (TPSA) is 35.5 Å². The molecule has 0 atom stereocenters. The standard InChI is InChI=1S/C15H16O3P/c1-19(16,17-12-14-8-4-2-5-9-14)18-13-15-10-6-3-7-11-15/h2-11H,1,12-13H2. The van der Waals surface area contributed by atoms with Gasteiger partial charge in [-0.25, -0.2) is 0 Å². The zero-order valence-corrected chi connectivity index (χ0v) is 11.5. The molecular weight excluding hydrogens is 259 g/mol. The van der Waals surface area contributed by atoms with Crippen LogP contribution in [0.5, 0.6) is 0 Å². The van der Waals surface area contributed by atoms with E-state index in [0.717, 1.165) is 11.1 Å². The highest BCUT2D eigenvalue weighted by Crippen LogP contribution is 2.47. The summed E-state index contributed by atoms with van der Waals surface area (Å²) in [5, 5.41) is 0. The Balaban J connectivity index is 1.84. The Hall–Kier alpha value is -1.41. The van der Waals surface area contributed by atoms with Crippen molar-refractivity contribution in [2.45, 2.75) is 13.2 Å². The minimum absolute atomic E-state index is 0.233. The predicted octanol–water partition coefficient (Wildman–Crippen LogP) is 4.40. The molecule has 0 N–H and O–H groups in total. The summed E-state index contributed by atoms with van der Waals surface area (Å²) < 4.78 is 22.5. The van der Waals surface area contributed by atoms with Gasteiger partial charge in [0.2, 0.25) is 0 Å². The Morgan fingerprint density at radius 3 is 1.53 bits per heavy atom. The summed E-state index contributed by atoms with van der Waals surface area (Å²) in [5.41, 5.74) is 1.88. The van der Waals surface area contributed by atoms with Crippen LogP contribution in [-0.2, 0) is 26.8 Å². The molecule has 0 unspecified atom stereocenters. The fourth-order valence-corrected chi connectivity index (χ4v) is 2.30. The third kappa shape index (κ3) is 4.99. The van der Waals surface area contributed by atoms with E-state index in [1.165, 1.54) is 0 Å². The molecule has 1 radical (unpaired) electrons. The summed E-state index contributed by atoms with van der Waals surface area (Å²) in [4.78, 5) is 0. The molecule has 99 valence electrons. The van der Waals surface area contributed by atoms with Gasteiger partial charge in [0.05, 0.1) is 19.9 Å². The molecule has 0 aliphatic rings. The van der Waals surface area contributed by atoms with E-state index in [1.54, 1.807) is 0 Å². The van der Waals surface area contributed by atoms with E-state index in [9.17, 15) is 4.57 Å². The number of hydrogen-bond acceptors (Lipinski definition) is 3. The number of benzene rings is 2. The van der Waals surface area contributed by atoms with Gasteiger partial charge >= 0.3 is 7.60 Å². The molecule has 0 aliphatic heterocycles. The van der Waals surface area contributed by atoms with Gasteiger partial charge < -0.3 is 9.05 Å². The summed E-state index contributed by atoms with van der Waals surface area (Å²) in [5.74, 6) is 0. The van der Waals surface area contributed by atoms with Crippen molar-refractivity contribution in [1.29, 1.82) is 0 Å². The van der Waals surface area contributed by atoms with Crippen molar-refractivity contribution in [3.63, 3.8) is 0 Å². The Labute approximate surface area is 113 Å². The lowest BCUT2D eigenvalue weighted by atomic mass is 10.2. The van der Waals surface area contributed by atoms with Gasteiger partial charge in [-0.1, -0.05) is 60.7 Å². The van der Waals surface area contributed by atoms with Crippen LogP contribution in [-0.4, -0.2) is 0 Å². The highest BCUT2D eigenvalue weighted by atomic mass is 31.2. The van der Waals surface area contributed by atoms with E-state index in [2.05, 4.69) is 6.66 Å². The molecule has 3 nitrogen and oxygen atoms in total. The summed E-state index contributed by atoms with van der Waals surface area (Å²) >= 11 is 0. The van der Waals surface area contributed by atoms with Crippen molar-refractivity contribution in [2.24, 2.45) is 0 Å². The lowest BCUT2D eigenvalue weighted by Gasteiger charge is -2.14. The largest absolute Gasteiger partial charge is 0.331 e. The van der Waals surface area contributed by atoms with Gasteiger partial charge in [-0.2, -0.15) is 0 Å². The molecule has 19 heavy (non-hydrogen) atoms. The van der Waals surface area contributed by atoms with E-state index in [0.29, 0.717) is 0 Å². The minimum Gasteiger partial charge on any atom is -0.304 e. The third-order valence-corrected chi connectivity index (χ3v) is 3.59. The fourth-order valence-electron chi connectivity index (χ4n) is 1.53. The first-order valence-electron chi connectivity index (χ1n) is 5.97. The highest BCUT2D eigenvalue weighted by Gasteiger charge is 2.17. The van der Waals surface area contributed by atoms with E-state index in [4.69, 9.17) is 9.05 Å². The van der Waals surface area contributed by atoms with Gasteiger partial charge in [-0.15, -0.1) is 0 Å². The Morgan fingerprint density at radius 2 is 1.16 bits per heavy atom. The van der Waals surface area contributed by atoms with E-state index >= 15 is 0 Å². The highest BCUT2D eigenvalue weighted by molar-refractivity contribution is 7.55. The molecule has 0 saturated carbocycles. The molecule has 0 amide bonds. The quantitative estimate of drug-likeness (QED) is 0.733. The molecular formula is C15H16O3P. The molecule has 4 heteroatoms. The first kappa shape index (κ1) is 14.0. The molecule has 0 saturated heterocycles. The van der Waals surface area contributed by atoms with Crippen LogP contribution in [0, 0.1) is 6.66 Å². The van der Waals surface area contributed by atoms with Crippen molar-refractivity contribution in [1.82, 2.24) is 0 Å². The van der Waals surface area contributed by atoms with Gasteiger partial charge in [0.25, 0.3) is 0 Å². The average molecular weight is 275 g/mol. The molecule has 0 aromatic heterocycles. The maximum Gasteiger partial charge on any atom is 0.331 e. The monoisotopic (exact) mass is 275 g/mol. The number of hydrogen-bond donors (Lipinski definition) is 0. The van der Waals surface area contributed by atoms with Crippen LogP contribution in [0.15, 0.2) is 60.7 Å². The fraction of sp³-hybridized carbons (Fsp3) is 0.133. The van der Waals surface area contributed by atoms with E-state index < -0.39 is 7.60 Å². The molecule has 0 aliphatic carbocycles. The first-order valence-corrected chi connectivity index (χ1v) is 7.70. The zero-order chi connectivity index (χ0) is 13.6. The van der Waals surface area contributed by atoms with Crippen LogP contribution in [0.2, 0.25) is 0 Å². The Morgan fingerprint density at radius 1 is 0.789 bits per heavy atom. The maximum atomic E-state index is 12.0. The number of rotatable bonds is 6. The van der Waals surface area contributed by atoms with Crippen LogP contribution in [0.4, 0.5) is 0 Å². The molecule has 0 bridgehead atoms. The molecule has 0 spiro atoms. The van der Waals surface area contributed by atoms with Gasteiger partial charge in [0.15, 0.2) is 0 Å². The van der Waals surface area contributed by atoms with Crippen LogP contribution >= 0.6 is 7.60 Å². The summed E-state index contributed by atoms with van der Waals surface area (Å²) in [6, 6.07) is 19.0. The average Bonchev–Trinajstić information content (AvgIpc) is 2.46. The van der Waals surface area contributed by atoms with Gasteiger partial charge in [0, 0.05) is 0 Å². The van der Waals surface area contributed by atoms with Gasteiger partial charge in [-0.3, -0.25) is 4.57 Å². The second-order valence-electron chi connectivity index (χ2n) is 4.13. The van der Waals surface area contributed by atoms with Crippen molar-refractivity contribution < 1.29 is 13.6 Å². The normalized spacial score (nSPS) is 11.4. The molecule has 0 fully saturated rings. The Bertz CT molecular complexity index is 492. The van der Waals surface area contributed by atoms with Crippen LogP contribution < -0.4 is 0 Å². The van der Waals surface area contributed by atoms with Gasteiger partial charge in [0.1, 0.15) is 0 Å². The lowest BCUT2D eigenvalue weighted by molar-refractivity contribution is 0.198. The van der Waals surface area contributed by atoms with Crippen molar-refractivity contribution in [2.75, 3.05) is 0 Å². The lowest BCUT2D eigenvalue weighted by Crippen LogP contribution is -1.95. The SMILES string of the molecule is [CH2]P(=O)(OCc1ccccc1)OCc1ccccc1. The summed E-state index contributed by atoms with van der Waals surface area (Å²) in [6.07, 6.45) is 0. The second kappa shape index (κ2) is 6.67. The zero-order valence-electron chi connectivity index (χ0n) is 10.6. The third-order valence-electron chi connectivity index (χ3n) is 2.54. The van der Waals surface area contributed by atoms with Crippen molar-refractivity contribution in [3.05, 3.63) is 78.5 Å². The minimum atomic E-state index is -3.27. The smallest absolute Gasteiger partial charge is 0.304 e. The second-order valence-corrected chi connectivity index (χ2v) is 5.87. The van der Waals surface area contributed by atoms with Gasteiger partial charge in [-0.05, 0) is 11.1 Å². The molecule has 2 aromatic rings. The van der Waals surface area contributed by atoms with Crippen LogP contribution in [0.3, 0.4) is 0 Å². The molecule has 2 aromatic carbocycles. The Kier molecular flexibility index (Phi) is 4.92. The molecule has 0 heterocycles.